The molecule has 31 heavy (non-hydrogen) atoms. The maximum Gasteiger partial charge on any atom is 0.237 e. The number of anilines is 1. The van der Waals surface area contributed by atoms with Crippen molar-refractivity contribution in [3.8, 4) is 23.0 Å². The highest BCUT2D eigenvalue weighted by Gasteiger charge is 2.47. The first kappa shape index (κ1) is 18.2. The second-order valence-electron chi connectivity index (χ2n) is 8.03. The highest BCUT2D eigenvalue weighted by Crippen LogP contribution is 2.47. The molecule has 6 rings (SSSR count). The van der Waals surface area contributed by atoms with Gasteiger partial charge in [-0.1, -0.05) is 19.1 Å². The zero-order valence-electron chi connectivity index (χ0n) is 17.1. The van der Waals surface area contributed by atoms with Gasteiger partial charge in [0.15, 0.2) is 11.6 Å². The molecule has 1 aromatic carbocycles. The Kier molecular flexibility index (Phi) is 3.92. The molecule has 5 heterocycles. The van der Waals surface area contributed by atoms with Crippen molar-refractivity contribution < 1.29 is 4.39 Å². The predicted molar refractivity (Wildman–Crippen MR) is 113 cm³/mol. The van der Waals surface area contributed by atoms with Crippen LogP contribution in [0.2, 0.25) is 0 Å². The molecule has 0 saturated carbocycles. The SMILES string of the molecule is CC[C@@]12CCCCN1c1nc(-n3ccnc3-c3cccc(F)c3)ncc1-n1cnnc12. The molecule has 1 fully saturated rings. The fourth-order valence-electron chi connectivity index (χ4n) is 4.98. The zero-order chi connectivity index (χ0) is 21.0. The standard InChI is InChI=1S/C22H21FN8/c1-2-22-8-3-4-10-31(22)19-17(30-14-26-28-20(22)30)13-25-21(27-19)29-11-9-24-18(29)15-6-5-7-16(23)12-15/h5-7,9,11-14H,2-4,8,10H2,1H3/t22-/m0/s1. The van der Waals surface area contributed by atoms with Gasteiger partial charge in [-0.15, -0.1) is 10.2 Å². The number of piperidine rings is 1. The molecule has 2 aliphatic heterocycles. The summed E-state index contributed by atoms with van der Waals surface area (Å²) in [4.78, 5) is 16.4. The van der Waals surface area contributed by atoms with Crippen molar-refractivity contribution in [1.29, 1.82) is 0 Å². The molecule has 0 unspecified atom stereocenters. The van der Waals surface area contributed by atoms with Crippen LogP contribution in [0.4, 0.5) is 10.2 Å². The van der Waals surface area contributed by atoms with Gasteiger partial charge in [0.1, 0.15) is 29.2 Å². The van der Waals surface area contributed by atoms with Crippen LogP contribution >= 0.6 is 0 Å². The molecule has 156 valence electrons. The average molecular weight is 416 g/mol. The summed E-state index contributed by atoms with van der Waals surface area (Å²) in [6.07, 6.45) is 11.2. The summed E-state index contributed by atoms with van der Waals surface area (Å²) in [5.41, 5.74) is 1.34. The van der Waals surface area contributed by atoms with Crippen LogP contribution in [0.1, 0.15) is 38.4 Å². The first-order chi connectivity index (χ1) is 15.2. The second kappa shape index (κ2) is 6.69. The highest BCUT2D eigenvalue weighted by molar-refractivity contribution is 5.65. The highest BCUT2D eigenvalue weighted by atomic mass is 19.1. The molecular weight excluding hydrogens is 395 g/mol. The maximum absolute atomic E-state index is 13.8. The molecule has 0 amide bonds. The van der Waals surface area contributed by atoms with Crippen LogP contribution in [0.5, 0.6) is 0 Å². The molecule has 9 heteroatoms. The third kappa shape index (κ3) is 2.55. The molecule has 0 N–H and O–H groups in total. The van der Waals surface area contributed by atoms with Crippen LogP contribution < -0.4 is 4.90 Å². The van der Waals surface area contributed by atoms with Crippen LogP contribution in [0.3, 0.4) is 0 Å². The van der Waals surface area contributed by atoms with Gasteiger partial charge in [0, 0.05) is 24.5 Å². The number of fused-ring (bicyclic) bond motifs is 6. The molecule has 0 radical (unpaired) electrons. The summed E-state index contributed by atoms with van der Waals surface area (Å²) in [5.74, 6) is 2.63. The lowest BCUT2D eigenvalue weighted by Gasteiger charge is -2.49. The third-order valence-electron chi connectivity index (χ3n) is 6.48. The number of imidazole rings is 1. The van der Waals surface area contributed by atoms with Crippen LogP contribution in [0.15, 0.2) is 49.2 Å². The van der Waals surface area contributed by atoms with E-state index in [9.17, 15) is 4.39 Å². The Morgan fingerprint density at radius 3 is 2.97 bits per heavy atom. The Morgan fingerprint density at radius 2 is 2.10 bits per heavy atom. The molecule has 1 saturated heterocycles. The predicted octanol–water partition coefficient (Wildman–Crippen LogP) is 3.66. The van der Waals surface area contributed by atoms with Gasteiger partial charge >= 0.3 is 0 Å². The maximum atomic E-state index is 13.8. The van der Waals surface area contributed by atoms with Crippen molar-refractivity contribution in [1.82, 2.24) is 34.3 Å². The summed E-state index contributed by atoms with van der Waals surface area (Å²) >= 11 is 0. The second-order valence-corrected chi connectivity index (χ2v) is 8.03. The number of rotatable bonds is 3. The van der Waals surface area contributed by atoms with Gasteiger partial charge in [-0.3, -0.25) is 9.13 Å². The minimum absolute atomic E-state index is 0.215. The first-order valence-electron chi connectivity index (χ1n) is 10.6. The summed E-state index contributed by atoms with van der Waals surface area (Å²) in [5, 5.41) is 8.68. The van der Waals surface area contributed by atoms with E-state index in [1.165, 1.54) is 12.1 Å². The molecule has 2 aliphatic rings. The van der Waals surface area contributed by atoms with Crippen molar-refractivity contribution in [2.24, 2.45) is 0 Å². The number of aromatic nitrogens is 7. The Balaban J connectivity index is 1.53. The van der Waals surface area contributed by atoms with E-state index in [0.717, 1.165) is 49.6 Å². The number of hydrogen-bond donors (Lipinski definition) is 0. The van der Waals surface area contributed by atoms with Crippen molar-refractivity contribution in [2.75, 3.05) is 11.4 Å². The van der Waals surface area contributed by atoms with E-state index in [-0.39, 0.29) is 11.4 Å². The Morgan fingerprint density at radius 1 is 1.16 bits per heavy atom. The monoisotopic (exact) mass is 416 g/mol. The zero-order valence-corrected chi connectivity index (χ0v) is 17.1. The van der Waals surface area contributed by atoms with Crippen LogP contribution in [-0.2, 0) is 5.54 Å². The van der Waals surface area contributed by atoms with Gasteiger partial charge in [-0.05, 0) is 37.8 Å². The minimum Gasteiger partial charge on any atom is -0.342 e. The van der Waals surface area contributed by atoms with Gasteiger partial charge in [-0.2, -0.15) is 4.98 Å². The lowest BCUT2D eigenvalue weighted by molar-refractivity contribution is 0.274. The van der Waals surface area contributed by atoms with Crippen LogP contribution in [-0.4, -0.2) is 40.8 Å². The van der Waals surface area contributed by atoms with E-state index in [2.05, 4.69) is 32.0 Å². The topological polar surface area (TPSA) is 77.5 Å². The van der Waals surface area contributed by atoms with E-state index >= 15 is 0 Å². The summed E-state index contributed by atoms with van der Waals surface area (Å²) < 4.78 is 17.6. The quantitative estimate of drug-likeness (QED) is 0.507. The Labute approximate surface area is 178 Å². The molecule has 0 spiro atoms. The van der Waals surface area contributed by atoms with E-state index in [1.54, 1.807) is 29.4 Å². The van der Waals surface area contributed by atoms with E-state index in [0.29, 0.717) is 17.3 Å². The summed E-state index contributed by atoms with van der Waals surface area (Å²) in [6.45, 7) is 3.10. The van der Waals surface area contributed by atoms with Crippen molar-refractivity contribution in [2.45, 2.75) is 38.1 Å². The van der Waals surface area contributed by atoms with Gasteiger partial charge in [0.05, 0.1) is 6.20 Å². The van der Waals surface area contributed by atoms with E-state index in [1.807, 2.05) is 16.8 Å². The van der Waals surface area contributed by atoms with Crippen molar-refractivity contribution in [3.63, 3.8) is 0 Å². The molecule has 3 aromatic heterocycles. The molecule has 4 aromatic rings. The Hall–Kier alpha value is -3.62. The number of benzene rings is 1. The molecule has 1 atom stereocenters. The average Bonchev–Trinajstić information content (AvgIpc) is 3.49. The van der Waals surface area contributed by atoms with E-state index in [4.69, 9.17) is 4.98 Å². The summed E-state index contributed by atoms with van der Waals surface area (Å²) in [7, 11) is 0. The van der Waals surface area contributed by atoms with Crippen molar-refractivity contribution >= 4 is 5.82 Å². The normalized spacial score (nSPS) is 19.6. The molecular formula is C22H21FN8. The summed E-state index contributed by atoms with van der Waals surface area (Å²) in [6, 6.07) is 6.39. The first-order valence-corrected chi connectivity index (χ1v) is 10.6. The smallest absolute Gasteiger partial charge is 0.237 e. The van der Waals surface area contributed by atoms with E-state index < -0.39 is 0 Å². The third-order valence-corrected chi connectivity index (χ3v) is 6.48. The fraction of sp³-hybridized carbons (Fsp3) is 0.318. The molecule has 8 nitrogen and oxygen atoms in total. The minimum atomic E-state index is -0.306. The van der Waals surface area contributed by atoms with Gasteiger partial charge in [0.2, 0.25) is 5.95 Å². The van der Waals surface area contributed by atoms with Gasteiger partial charge in [0.25, 0.3) is 0 Å². The number of nitrogens with zero attached hydrogens (tertiary/aromatic N) is 8. The van der Waals surface area contributed by atoms with Crippen molar-refractivity contribution in [3.05, 3.63) is 60.8 Å². The van der Waals surface area contributed by atoms with Gasteiger partial charge < -0.3 is 4.90 Å². The van der Waals surface area contributed by atoms with Crippen LogP contribution in [0, 0.1) is 5.82 Å². The van der Waals surface area contributed by atoms with Crippen LogP contribution in [0.25, 0.3) is 23.0 Å². The number of hydrogen-bond acceptors (Lipinski definition) is 6. The molecule has 0 aliphatic carbocycles. The lowest BCUT2D eigenvalue weighted by atomic mass is 9.82. The largest absolute Gasteiger partial charge is 0.342 e. The fourth-order valence-corrected chi connectivity index (χ4v) is 4.98. The Bertz CT molecular complexity index is 1280. The number of halogens is 1. The molecule has 0 bridgehead atoms. The lowest BCUT2D eigenvalue weighted by Crippen LogP contribution is -2.53. The van der Waals surface area contributed by atoms with Gasteiger partial charge in [-0.25, -0.2) is 14.4 Å².